The topological polar surface area (TPSA) is 71.1 Å². The second kappa shape index (κ2) is 5.93. The van der Waals surface area contributed by atoms with Gasteiger partial charge < -0.3 is 20.5 Å². The van der Waals surface area contributed by atoms with Crippen LogP contribution in [0.4, 0.5) is 0 Å². The van der Waals surface area contributed by atoms with Crippen LogP contribution in [0.2, 0.25) is 0 Å². The molecule has 0 bridgehead atoms. The fraction of sp³-hybridized carbons (Fsp3) is 0.500. The van der Waals surface area contributed by atoms with Gasteiger partial charge in [-0.25, -0.2) is 0 Å². The van der Waals surface area contributed by atoms with E-state index in [1.165, 1.54) is 12.8 Å². The summed E-state index contributed by atoms with van der Waals surface area (Å²) in [6.07, 6.45) is 1.71. The highest BCUT2D eigenvalue weighted by molar-refractivity contribution is 5.78. The van der Waals surface area contributed by atoms with E-state index in [0.29, 0.717) is 12.0 Å². The molecule has 2 rings (SSSR count). The Hall–Kier alpha value is -1.75. The highest BCUT2D eigenvalue weighted by Crippen LogP contribution is 2.25. The number of ether oxygens (including phenoxy) is 1. The summed E-state index contributed by atoms with van der Waals surface area (Å²) in [5.74, 6) is 1.27. The van der Waals surface area contributed by atoms with Crippen LogP contribution in [-0.2, 0) is 0 Å². The third kappa shape index (κ3) is 3.61. The number of guanidine groups is 1. The van der Waals surface area contributed by atoms with Crippen LogP contribution in [-0.4, -0.2) is 42.7 Å². The zero-order chi connectivity index (χ0) is 13.8. The number of hydrogen-bond acceptors (Lipinski definition) is 3. The second-order valence-electron chi connectivity index (χ2n) is 4.83. The zero-order valence-corrected chi connectivity index (χ0v) is 11.4. The number of nitrogens with zero attached hydrogens (tertiary/aromatic N) is 2. The molecule has 3 N–H and O–H groups in total. The Morgan fingerprint density at radius 2 is 2.11 bits per heavy atom. The van der Waals surface area contributed by atoms with Gasteiger partial charge in [0, 0.05) is 13.1 Å². The van der Waals surface area contributed by atoms with Gasteiger partial charge in [-0.1, -0.05) is 12.1 Å². The van der Waals surface area contributed by atoms with Gasteiger partial charge in [-0.05, 0) is 30.5 Å². The number of methoxy groups -OCH3 is 1. The first-order chi connectivity index (χ1) is 9.11. The average molecular weight is 263 g/mol. The molecule has 104 valence electrons. The lowest BCUT2D eigenvalue weighted by atomic mass is 10.1. The van der Waals surface area contributed by atoms with Crippen LogP contribution < -0.4 is 10.5 Å². The molecule has 1 aliphatic carbocycles. The second-order valence-corrected chi connectivity index (χ2v) is 4.83. The number of benzene rings is 1. The van der Waals surface area contributed by atoms with E-state index in [9.17, 15) is 5.11 Å². The predicted octanol–water partition coefficient (Wildman–Crippen LogP) is 1.14. The van der Waals surface area contributed by atoms with Gasteiger partial charge in [0.25, 0.3) is 0 Å². The van der Waals surface area contributed by atoms with E-state index in [-0.39, 0.29) is 6.54 Å². The Morgan fingerprint density at radius 1 is 1.47 bits per heavy atom. The lowest BCUT2D eigenvalue weighted by molar-refractivity contribution is 0.186. The van der Waals surface area contributed by atoms with E-state index in [2.05, 4.69) is 4.99 Å². The van der Waals surface area contributed by atoms with Gasteiger partial charge in [0.2, 0.25) is 0 Å². The Balaban J connectivity index is 1.92. The maximum Gasteiger partial charge on any atom is 0.191 e. The highest BCUT2D eigenvalue weighted by Gasteiger charge is 2.27. The minimum atomic E-state index is -0.642. The van der Waals surface area contributed by atoms with Crippen LogP contribution in [0, 0.1) is 0 Å². The van der Waals surface area contributed by atoms with Crippen molar-refractivity contribution in [1.29, 1.82) is 0 Å². The van der Waals surface area contributed by atoms with Crippen LogP contribution in [0.1, 0.15) is 24.5 Å². The monoisotopic (exact) mass is 263 g/mol. The molecule has 0 aromatic heterocycles. The Morgan fingerprint density at radius 3 is 2.63 bits per heavy atom. The van der Waals surface area contributed by atoms with Crippen molar-refractivity contribution in [2.75, 3.05) is 20.7 Å². The van der Waals surface area contributed by atoms with Gasteiger partial charge >= 0.3 is 0 Å². The summed E-state index contributed by atoms with van der Waals surface area (Å²) in [6.45, 7) is 0.273. The first kappa shape index (κ1) is 13.7. The fourth-order valence-corrected chi connectivity index (χ4v) is 1.87. The molecule has 5 heteroatoms. The molecule has 0 radical (unpaired) electrons. The minimum Gasteiger partial charge on any atom is -0.497 e. The molecule has 1 saturated carbocycles. The molecule has 5 nitrogen and oxygen atoms in total. The maximum atomic E-state index is 10.0. The first-order valence-corrected chi connectivity index (χ1v) is 6.46. The largest absolute Gasteiger partial charge is 0.497 e. The number of aliphatic hydroxyl groups is 1. The molecule has 1 aliphatic rings. The van der Waals surface area contributed by atoms with E-state index < -0.39 is 6.10 Å². The number of aliphatic imine (C=N–C) groups is 1. The quantitative estimate of drug-likeness (QED) is 0.617. The summed E-state index contributed by atoms with van der Waals surface area (Å²) in [7, 11) is 3.56. The average Bonchev–Trinajstić information content (AvgIpc) is 3.28. The summed E-state index contributed by atoms with van der Waals surface area (Å²) in [5.41, 5.74) is 6.69. The molecule has 19 heavy (non-hydrogen) atoms. The van der Waals surface area contributed by atoms with Gasteiger partial charge in [-0.3, -0.25) is 4.99 Å². The zero-order valence-electron chi connectivity index (χ0n) is 11.4. The van der Waals surface area contributed by atoms with Gasteiger partial charge in [0.1, 0.15) is 5.75 Å². The molecule has 0 saturated heterocycles. The molecule has 1 atom stereocenters. The third-order valence-electron chi connectivity index (χ3n) is 3.38. The molecular formula is C14H21N3O2. The van der Waals surface area contributed by atoms with Crippen LogP contribution in [0.25, 0.3) is 0 Å². The van der Waals surface area contributed by atoms with E-state index in [1.807, 2.05) is 36.2 Å². The minimum absolute atomic E-state index is 0.273. The van der Waals surface area contributed by atoms with Crippen molar-refractivity contribution in [3.8, 4) is 5.75 Å². The van der Waals surface area contributed by atoms with Gasteiger partial charge in [-0.15, -0.1) is 0 Å². The number of aliphatic hydroxyl groups excluding tert-OH is 1. The van der Waals surface area contributed by atoms with Crippen molar-refractivity contribution < 1.29 is 9.84 Å². The number of nitrogens with two attached hydrogens (primary N) is 1. The smallest absolute Gasteiger partial charge is 0.191 e. The summed E-state index contributed by atoms with van der Waals surface area (Å²) in [4.78, 5) is 6.22. The van der Waals surface area contributed by atoms with E-state index in [4.69, 9.17) is 10.5 Å². The van der Waals surface area contributed by atoms with Gasteiger partial charge in [0.15, 0.2) is 5.96 Å². The Labute approximate surface area is 113 Å². The lowest BCUT2D eigenvalue weighted by Crippen LogP contribution is -2.36. The summed E-state index contributed by atoms with van der Waals surface area (Å²) >= 11 is 0. The molecule has 1 fully saturated rings. The maximum absolute atomic E-state index is 10.0. The summed E-state index contributed by atoms with van der Waals surface area (Å²) < 4.78 is 5.08. The normalized spacial score (nSPS) is 17.1. The molecule has 0 aliphatic heterocycles. The standard InChI is InChI=1S/C14H21N3O2/c1-17(11-5-6-11)14(15)16-9-13(18)10-3-7-12(19-2)8-4-10/h3-4,7-8,11,13,18H,5-6,9H2,1-2H3,(H2,15,16). The van der Waals surface area contributed by atoms with Crippen molar-refractivity contribution in [3.63, 3.8) is 0 Å². The van der Waals surface area contributed by atoms with Crippen LogP contribution in [0.5, 0.6) is 5.75 Å². The SMILES string of the molecule is COc1ccc(C(O)CN=C(N)N(C)C2CC2)cc1. The van der Waals surface area contributed by atoms with Gasteiger partial charge in [0.05, 0.1) is 19.8 Å². The number of hydrogen-bond donors (Lipinski definition) is 2. The van der Waals surface area contributed by atoms with E-state index >= 15 is 0 Å². The van der Waals surface area contributed by atoms with Crippen LogP contribution in [0.3, 0.4) is 0 Å². The molecular weight excluding hydrogens is 242 g/mol. The number of rotatable bonds is 5. The predicted molar refractivity (Wildman–Crippen MR) is 75.2 cm³/mol. The molecule has 0 heterocycles. The lowest BCUT2D eigenvalue weighted by Gasteiger charge is -2.17. The highest BCUT2D eigenvalue weighted by atomic mass is 16.5. The summed E-state index contributed by atoms with van der Waals surface area (Å²) in [6, 6.07) is 7.84. The molecule has 1 aromatic rings. The van der Waals surface area contributed by atoms with Crippen molar-refractivity contribution >= 4 is 5.96 Å². The van der Waals surface area contributed by atoms with Crippen molar-refractivity contribution in [3.05, 3.63) is 29.8 Å². The Kier molecular flexibility index (Phi) is 4.27. The van der Waals surface area contributed by atoms with Crippen LogP contribution >= 0.6 is 0 Å². The molecule has 1 unspecified atom stereocenters. The fourth-order valence-electron chi connectivity index (χ4n) is 1.87. The van der Waals surface area contributed by atoms with Crippen molar-refractivity contribution in [1.82, 2.24) is 4.90 Å². The van der Waals surface area contributed by atoms with E-state index in [0.717, 1.165) is 11.3 Å². The van der Waals surface area contributed by atoms with Crippen LogP contribution in [0.15, 0.2) is 29.3 Å². The Bertz CT molecular complexity index is 441. The molecule has 0 amide bonds. The molecule has 1 aromatic carbocycles. The van der Waals surface area contributed by atoms with Gasteiger partial charge in [-0.2, -0.15) is 0 Å². The van der Waals surface area contributed by atoms with Crippen molar-refractivity contribution in [2.24, 2.45) is 10.7 Å². The van der Waals surface area contributed by atoms with E-state index in [1.54, 1.807) is 7.11 Å². The van der Waals surface area contributed by atoms with Crippen molar-refractivity contribution in [2.45, 2.75) is 25.0 Å². The first-order valence-electron chi connectivity index (χ1n) is 6.46. The summed E-state index contributed by atoms with van der Waals surface area (Å²) in [5, 5.41) is 10.0. The molecule has 0 spiro atoms. The third-order valence-corrected chi connectivity index (χ3v) is 3.38.